The fourth-order valence-electron chi connectivity index (χ4n) is 2.69. The Morgan fingerprint density at radius 2 is 2.09 bits per heavy atom. The molecule has 1 aromatic rings. The Hall–Kier alpha value is -1.57. The number of amides is 1. The van der Waals surface area contributed by atoms with E-state index in [1.54, 1.807) is 0 Å². The van der Waals surface area contributed by atoms with Crippen molar-refractivity contribution in [3.8, 4) is 0 Å². The Kier molecular flexibility index (Phi) is 5.33. The SMILES string of the molecule is CC(C)NC(=O)[C@H]1CCC[C@H]1Nc1nc(Cl)ncc1C(F)(F)F. The second-order valence-corrected chi connectivity index (χ2v) is 6.19. The summed E-state index contributed by atoms with van der Waals surface area (Å²) in [5.41, 5.74) is -0.989. The molecule has 1 aliphatic rings. The van der Waals surface area contributed by atoms with Crippen LogP contribution in [0.15, 0.2) is 6.20 Å². The zero-order valence-corrected chi connectivity index (χ0v) is 13.5. The molecule has 1 aliphatic carbocycles. The lowest BCUT2D eigenvalue weighted by Crippen LogP contribution is -2.41. The van der Waals surface area contributed by atoms with Crippen LogP contribution in [-0.2, 0) is 11.0 Å². The first-order valence-corrected chi connectivity index (χ1v) is 7.73. The number of carbonyl (C=O) groups is 1. The molecule has 0 bridgehead atoms. The number of rotatable bonds is 4. The zero-order chi connectivity index (χ0) is 17.2. The van der Waals surface area contributed by atoms with Gasteiger partial charge in [-0.05, 0) is 38.3 Å². The van der Waals surface area contributed by atoms with Gasteiger partial charge in [0, 0.05) is 18.3 Å². The van der Waals surface area contributed by atoms with Crippen molar-refractivity contribution >= 4 is 23.3 Å². The van der Waals surface area contributed by atoms with Gasteiger partial charge in [0.05, 0.1) is 5.92 Å². The van der Waals surface area contributed by atoms with Gasteiger partial charge >= 0.3 is 6.18 Å². The molecule has 5 nitrogen and oxygen atoms in total. The molecule has 2 atom stereocenters. The smallest absolute Gasteiger partial charge is 0.366 e. The van der Waals surface area contributed by atoms with Gasteiger partial charge in [0.2, 0.25) is 11.2 Å². The highest BCUT2D eigenvalue weighted by Gasteiger charge is 2.38. The largest absolute Gasteiger partial charge is 0.421 e. The van der Waals surface area contributed by atoms with Gasteiger partial charge in [-0.25, -0.2) is 9.97 Å². The van der Waals surface area contributed by atoms with Crippen LogP contribution in [0.3, 0.4) is 0 Å². The molecule has 1 fully saturated rings. The van der Waals surface area contributed by atoms with Crippen molar-refractivity contribution < 1.29 is 18.0 Å². The molecule has 0 spiro atoms. The molecule has 0 unspecified atom stereocenters. The topological polar surface area (TPSA) is 66.9 Å². The van der Waals surface area contributed by atoms with Gasteiger partial charge in [0.25, 0.3) is 0 Å². The van der Waals surface area contributed by atoms with E-state index < -0.39 is 23.7 Å². The quantitative estimate of drug-likeness (QED) is 0.818. The Labute approximate surface area is 137 Å². The maximum Gasteiger partial charge on any atom is 0.421 e. The molecule has 1 saturated carbocycles. The van der Waals surface area contributed by atoms with Crippen molar-refractivity contribution in [2.24, 2.45) is 5.92 Å². The maximum absolute atomic E-state index is 13.0. The Morgan fingerprint density at radius 1 is 1.39 bits per heavy atom. The molecule has 1 aromatic heterocycles. The fourth-order valence-corrected chi connectivity index (χ4v) is 2.82. The van der Waals surface area contributed by atoms with Crippen LogP contribution in [0.5, 0.6) is 0 Å². The van der Waals surface area contributed by atoms with Crippen LogP contribution in [-0.4, -0.2) is 28.0 Å². The Balaban J connectivity index is 2.21. The number of alkyl halides is 3. The van der Waals surface area contributed by atoms with Crippen molar-refractivity contribution in [1.82, 2.24) is 15.3 Å². The van der Waals surface area contributed by atoms with E-state index in [-0.39, 0.29) is 23.1 Å². The van der Waals surface area contributed by atoms with E-state index in [2.05, 4.69) is 20.6 Å². The van der Waals surface area contributed by atoms with E-state index in [1.807, 2.05) is 13.8 Å². The highest BCUT2D eigenvalue weighted by Crippen LogP contribution is 2.36. The fraction of sp³-hybridized carbons (Fsp3) is 0.643. The summed E-state index contributed by atoms with van der Waals surface area (Å²) in [5, 5.41) is 5.27. The van der Waals surface area contributed by atoms with Crippen molar-refractivity contribution in [2.45, 2.75) is 51.4 Å². The molecule has 0 saturated heterocycles. The molecular weight excluding hydrogens is 333 g/mol. The van der Waals surface area contributed by atoms with Crippen molar-refractivity contribution in [2.75, 3.05) is 5.32 Å². The number of hydrogen-bond donors (Lipinski definition) is 2. The third-order valence-corrected chi connectivity index (χ3v) is 3.85. The molecule has 0 aliphatic heterocycles. The second kappa shape index (κ2) is 6.90. The van der Waals surface area contributed by atoms with Crippen molar-refractivity contribution in [3.05, 3.63) is 17.0 Å². The van der Waals surface area contributed by atoms with Crippen LogP contribution >= 0.6 is 11.6 Å². The van der Waals surface area contributed by atoms with E-state index >= 15 is 0 Å². The Bertz CT molecular complexity index is 580. The van der Waals surface area contributed by atoms with Crippen LogP contribution in [0.25, 0.3) is 0 Å². The highest BCUT2D eigenvalue weighted by atomic mass is 35.5. The molecule has 1 heterocycles. The standard InChI is InChI=1S/C14H18ClF3N4O/c1-7(2)20-12(23)8-4-3-5-10(8)21-11-9(14(16,17)18)6-19-13(15)22-11/h6-8,10H,3-5H2,1-2H3,(H,20,23)(H,19,21,22)/t8-,10+/m0/s1. The molecule has 23 heavy (non-hydrogen) atoms. The lowest BCUT2D eigenvalue weighted by Gasteiger charge is -2.23. The van der Waals surface area contributed by atoms with Gasteiger partial charge in [-0.15, -0.1) is 0 Å². The molecule has 9 heteroatoms. The van der Waals surface area contributed by atoms with Crippen LogP contribution < -0.4 is 10.6 Å². The van der Waals surface area contributed by atoms with E-state index in [0.29, 0.717) is 19.0 Å². The molecular formula is C14H18ClF3N4O. The summed E-state index contributed by atoms with van der Waals surface area (Å²) in [5.74, 6) is -0.942. The number of hydrogen-bond acceptors (Lipinski definition) is 4. The lowest BCUT2D eigenvalue weighted by molar-refractivity contribution is -0.137. The normalized spacial score (nSPS) is 21.5. The first-order chi connectivity index (χ1) is 10.7. The van der Waals surface area contributed by atoms with Gasteiger partial charge in [-0.1, -0.05) is 6.42 Å². The first-order valence-electron chi connectivity index (χ1n) is 7.35. The van der Waals surface area contributed by atoms with Crippen molar-refractivity contribution in [1.29, 1.82) is 0 Å². The van der Waals surface area contributed by atoms with Gasteiger partial charge < -0.3 is 10.6 Å². The summed E-state index contributed by atoms with van der Waals surface area (Å²) < 4.78 is 39.1. The average Bonchev–Trinajstić information content (AvgIpc) is 2.84. The van der Waals surface area contributed by atoms with E-state index in [4.69, 9.17) is 11.6 Å². The van der Waals surface area contributed by atoms with Gasteiger partial charge in [-0.3, -0.25) is 4.79 Å². The first kappa shape index (κ1) is 17.8. The summed E-state index contributed by atoms with van der Waals surface area (Å²) in [7, 11) is 0. The van der Waals surface area contributed by atoms with Crippen LogP contribution in [0.1, 0.15) is 38.7 Å². The molecule has 128 valence electrons. The molecule has 1 amide bonds. The molecule has 2 N–H and O–H groups in total. The summed E-state index contributed by atoms with van der Waals surface area (Å²) in [6.45, 7) is 3.67. The number of anilines is 1. The number of nitrogens with one attached hydrogen (secondary N) is 2. The van der Waals surface area contributed by atoms with E-state index in [0.717, 1.165) is 6.42 Å². The number of nitrogens with zero attached hydrogens (tertiary/aromatic N) is 2. The second-order valence-electron chi connectivity index (χ2n) is 5.85. The maximum atomic E-state index is 13.0. The zero-order valence-electron chi connectivity index (χ0n) is 12.7. The predicted octanol–water partition coefficient (Wildman–Crippen LogP) is 3.25. The minimum absolute atomic E-state index is 0.0250. The molecule has 0 radical (unpaired) electrons. The molecule has 2 rings (SSSR count). The van der Waals surface area contributed by atoms with Crippen LogP contribution in [0.4, 0.5) is 19.0 Å². The van der Waals surface area contributed by atoms with Crippen LogP contribution in [0.2, 0.25) is 5.28 Å². The number of halogens is 4. The number of carbonyl (C=O) groups excluding carboxylic acids is 1. The number of aromatic nitrogens is 2. The summed E-state index contributed by atoms with van der Waals surface area (Å²) in [4.78, 5) is 19.2. The summed E-state index contributed by atoms with van der Waals surface area (Å²) >= 11 is 5.61. The van der Waals surface area contributed by atoms with Crippen molar-refractivity contribution in [3.63, 3.8) is 0 Å². The third kappa shape index (κ3) is 4.46. The summed E-state index contributed by atoms with van der Waals surface area (Å²) in [6.07, 6.45) is -1.98. The minimum Gasteiger partial charge on any atom is -0.366 e. The average molecular weight is 351 g/mol. The molecule has 0 aromatic carbocycles. The highest BCUT2D eigenvalue weighted by molar-refractivity contribution is 6.28. The predicted molar refractivity (Wildman–Crippen MR) is 80.1 cm³/mol. The van der Waals surface area contributed by atoms with E-state index in [1.165, 1.54) is 0 Å². The van der Waals surface area contributed by atoms with Gasteiger partial charge in [0.1, 0.15) is 11.4 Å². The van der Waals surface area contributed by atoms with Gasteiger partial charge in [-0.2, -0.15) is 13.2 Å². The third-order valence-electron chi connectivity index (χ3n) is 3.67. The van der Waals surface area contributed by atoms with E-state index in [9.17, 15) is 18.0 Å². The van der Waals surface area contributed by atoms with Gasteiger partial charge in [0.15, 0.2) is 0 Å². The summed E-state index contributed by atoms with van der Waals surface area (Å²) in [6, 6.07) is -0.441. The van der Waals surface area contributed by atoms with Crippen LogP contribution in [0, 0.1) is 5.92 Å². The minimum atomic E-state index is -4.60. The monoisotopic (exact) mass is 350 g/mol. The Morgan fingerprint density at radius 3 is 2.70 bits per heavy atom. The lowest BCUT2D eigenvalue weighted by atomic mass is 10.0.